The highest BCUT2D eigenvalue weighted by molar-refractivity contribution is 6.30. The molecule has 1 aliphatic rings. The van der Waals surface area contributed by atoms with Gasteiger partial charge in [-0.05, 0) is 30.5 Å². The lowest BCUT2D eigenvalue weighted by Crippen LogP contribution is -2.32. The lowest BCUT2D eigenvalue weighted by Gasteiger charge is -2.15. The number of hydrogen-bond donors (Lipinski definition) is 1. The van der Waals surface area contributed by atoms with Crippen molar-refractivity contribution >= 4 is 11.6 Å². The van der Waals surface area contributed by atoms with E-state index in [1.165, 1.54) is 0 Å². The molecular weight excluding hydrogens is 222 g/mol. The Hall–Kier alpha value is -0.570. The summed E-state index contributed by atoms with van der Waals surface area (Å²) in [5, 5.41) is 4.26. The maximum Gasteiger partial charge on any atom is 0.0949 e. The molecule has 1 heterocycles. The lowest BCUT2D eigenvalue weighted by molar-refractivity contribution is 0.0496. The summed E-state index contributed by atoms with van der Waals surface area (Å²) >= 11 is 5.99. The predicted octanol–water partition coefficient (Wildman–Crippen LogP) is 3.03. The standard InChI is InChI=1S/C13H18ClNO/c1-9-8-16-13(7-15-10(9)2)11-4-3-5-12(14)6-11/h3-6,9-10,13,15H,7-8H2,1-2H3. The van der Waals surface area contributed by atoms with Gasteiger partial charge in [0, 0.05) is 17.6 Å². The monoisotopic (exact) mass is 239 g/mol. The van der Waals surface area contributed by atoms with Gasteiger partial charge in [-0.1, -0.05) is 30.7 Å². The molecule has 0 saturated carbocycles. The summed E-state index contributed by atoms with van der Waals surface area (Å²) in [7, 11) is 0. The Morgan fingerprint density at radius 1 is 1.38 bits per heavy atom. The molecule has 0 radical (unpaired) electrons. The molecule has 3 atom stereocenters. The Labute approximate surface area is 102 Å². The van der Waals surface area contributed by atoms with Crippen LogP contribution in [-0.2, 0) is 4.74 Å². The lowest BCUT2D eigenvalue weighted by atomic mass is 10.1. The van der Waals surface area contributed by atoms with Gasteiger partial charge >= 0.3 is 0 Å². The van der Waals surface area contributed by atoms with Gasteiger partial charge in [0.05, 0.1) is 12.7 Å². The zero-order valence-electron chi connectivity index (χ0n) is 9.74. The largest absolute Gasteiger partial charge is 0.372 e. The molecule has 16 heavy (non-hydrogen) atoms. The van der Waals surface area contributed by atoms with Crippen molar-refractivity contribution in [2.45, 2.75) is 26.0 Å². The molecule has 0 spiro atoms. The van der Waals surface area contributed by atoms with E-state index in [4.69, 9.17) is 16.3 Å². The van der Waals surface area contributed by atoms with Crippen molar-refractivity contribution in [1.82, 2.24) is 5.32 Å². The van der Waals surface area contributed by atoms with Gasteiger partial charge in [0.25, 0.3) is 0 Å². The third-order valence-corrected chi connectivity index (χ3v) is 3.49. The minimum absolute atomic E-state index is 0.117. The molecule has 1 aromatic rings. The summed E-state index contributed by atoms with van der Waals surface area (Å²) in [6.07, 6.45) is 0.117. The SMILES string of the molecule is CC1COC(c2cccc(Cl)c2)CNC1C. The Balaban J connectivity index is 2.10. The van der Waals surface area contributed by atoms with Crippen LogP contribution < -0.4 is 5.32 Å². The number of halogens is 1. The minimum Gasteiger partial charge on any atom is -0.372 e. The predicted molar refractivity (Wildman–Crippen MR) is 66.8 cm³/mol. The van der Waals surface area contributed by atoms with Crippen LogP contribution in [0.3, 0.4) is 0 Å². The van der Waals surface area contributed by atoms with Crippen LogP contribution in [0.15, 0.2) is 24.3 Å². The first kappa shape index (κ1) is 11.9. The van der Waals surface area contributed by atoms with Crippen LogP contribution in [0, 0.1) is 5.92 Å². The average Bonchev–Trinajstić information content (AvgIpc) is 2.43. The molecule has 0 amide bonds. The fraction of sp³-hybridized carbons (Fsp3) is 0.538. The van der Waals surface area contributed by atoms with Crippen LogP contribution in [-0.4, -0.2) is 19.2 Å². The van der Waals surface area contributed by atoms with Gasteiger partial charge in [-0.25, -0.2) is 0 Å². The summed E-state index contributed by atoms with van der Waals surface area (Å²) in [5.74, 6) is 0.546. The molecule has 1 N–H and O–H groups in total. The van der Waals surface area contributed by atoms with Gasteiger partial charge in [-0.15, -0.1) is 0 Å². The molecule has 1 aliphatic heterocycles. The quantitative estimate of drug-likeness (QED) is 0.814. The second kappa shape index (κ2) is 5.17. The second-order valence-electron chi connectivity index (χ2n) is 4.55. The van der Waals surface area contributed by atoms with Crippen molar-refractivity contribution in [3.8, 4) is 0 Å². The van der Waals surface area contributed by atoms with E-state index in [0.717, 1.165) is 23.7 Å². The number of nitrogens with one attached hydrogen (secondary N) is 1. The summed E-state index contributed by atoms with van der Waals surface area (Å²) in [6.45, 7) is 6.06. The van der Waals surface area contributed by atoms with Crippen molar-refractivity contribution in [2.24, 2.45) is 5.92 Å². The van der Waals surface area contributed by atoms with Gasteiger partial charge in [0.1, 0.15) is 0 Å². The van der Waals surface area contributed by atoms with Crippen molar-refractivity contribution < 1.29 is 4.74 Å². The van der Waals surface area contributed by atoms with Crippen molar-refractivity contribution in [2.75, 3.05) is 13.2 Å². The fourth-order valence-corrected chi connectivity index (χ4v) is 2.08. The van der Waals surface area contributed by atoms with E-state index in [1.807, 2.05) is 18.2 Å². The van der Waals surface area contributed by atoms with Crippen LogP contribution in [0.4, 0.5) is 0 Å². The van der Waals surface area contributed by atoms with E-state index in [1.54, 1.807) is 0 Å². The molecule has 0 aliphatic carbocycles. The first-order valence-corrected chi connectivity index (χ1v) is 6.15. The molecular formula is C13H18ClNO. The van der Waals surface area contributed by atoms with Gasteiger partial charge in [0.15, 0.2) is 0 Å². The summed E-state index contributed by atoms with van der Waals surface area (Å²) < 4.78 is 5.91. The highest BCUT2D eigenvalue weighted by Crippen LogP contribution is 2.23. The number of rotatable bonds is 1. The first-order chi connectivity index (χ1) is 7.66. The average molecular weight is 240 g/mol. The maximum atomic E-state index is 5.99. The van der Waals surface area contributed by atoms with Crippen LogP contribution >= 0.6 is 11.6 Å². The van der Waals surface area contributed by atoms with E-state index in [0.29, 0.717) is 12.0 Å². The number of benzene rings is 1. The molecule has 2 nitrogen and oxygen atoms in total. The van der Waals surface area contributed by atoms with E-state index >= 15 is 0 Å². The highest BCUT2D eigenvalue weighted by atomic mass is 35.5. The fourth-order valence-electron chi connectivity index (χ4n) is 1.89. The van der Waals surface area contributed by atoms with Crippen molar-refractivity contribution in [3.63, 3.8) is 0 Å². The summed E-state index contributed by atoms with van der Waals surface area (Å²) in [5.41, 5.74) is 1.15. The molecule has 1 fully saturated rings. The highest BCUT2D eigenvalue weighted by Gasteiger charge is 2.22. The van der Waals surface area contributed by atoms with Crippen LogP contribution in [0.5, 0.6) is 0 Å². The van der Waals surface area contributed by atoms with Gasteiger partial charge in [0.2, 0.25) is 0 Å². The zero-order chi connectivity index (χ0) is 11.5. The summed E-state index contributed by atoms with van der Waals surface area (Å²) in [6, 6.07) is 8.41. The van der Waals surface area contributed by atoms with Crippen molar-refractivity contribution in [3.05, 3.63) is 34.9 Å². The molecule has 1 aromatic carbocycles. The maximum absolute atomic E-state index is 5.99. The zero-order valence-corrected chi connectivity index (χ0v) is 10.5. The third-order valence-electron chi connectivity index (χ3n) is 3.26. The summed E-state index contributed by atoms with van der Waals surface area (Å²) in [4.78, 5) is 0. The van der Waals surface area contributed by atoms with Crippen LogP contribution in [0.2, 0.25) is 5.02 Å². The Kier molecular flexibility index (Phi) is 3.85. The smallest absolute Gasteiger partial charge is 0.0949 e. The number of hydrogen-bond acceptors (Lipinski definition) is 2. The van der Waals surface area contributed by atoms with E-state index < -0.39 is 0 Å². The van der Waals surface area contributed by atoms with Gasteiger partial charge < -0.3 is 10.1 Å². The molecule has 2 rings (SSSR count). The Bertz CT molecular complexity index is 344. The van der Waals surface area contributed by atoms with Gasteiger partial charge in [-0.3, -0.25) is 0 Å². The van der Waals surface area contributed by atoms with E-state index in [2.05, 4.69) is 25.2 Å². The second-order valence-corrected chi connectivity index (χ2v) is 4.99. The molecule has 3 unspecified atom stereocenters. The number of ether oxygens (including phenoxy) is 1. The molecule has 1 saturated heterocycles. The molecule has 0 aromatic heterocycles. The molecule has 88 valence electrons. The van der Waals surface area contributed by atoms with Gasteiger partial charge in [-0.2, -0.15) is 0 Å². The van der Waals surface area contributed by atoms with Crippen LogP contribution in [0.1, 0.15) is 25.5 Å². The van der Waals surface area contributed by atoms with E-state index in [9.17, 15) is 0 Å². The van der Waals surface area contributed by atoms with E-state index in [-0.39, 0.29) is 6.10 Å². The topological polar surface area (TPSA) is 21.3 Å². The van der Waals surface area contributed by atoms with Crippen molar-refractivity contribution in [1.29, 1.82) is 0 Å². The Morgan fingerprint density at radius 2 is 2.19 bits per heavy atom. The molecule has 3 heteroatoms. The molecule has 0 bridgehead atoms. The first-order valence-electron chi connectivity index (χ1n) is 5.77. The third kappa shape index (κ3) is 2.76. The normalized spacial score (nSPS) is 31.1. The Morgan fingerprint density at radius 3 is 2.94 bits per heavy atom. The van der Waals surface area contributed by atoms with Crippen LogP contribution in [0.25, 0.3) is 0 Å². The minimum atomic E-state index is 0.117.